The van der Waals surface area contributed by atoms with Crippen molar-refractivity contribution in [3.8, 4) is 11.5 Å². The van der Waals surface area contributed by atoms with Crippen LogP contribution in [0.25, 0.3) is 0 Å². The maximum Gasteiger partial charge on any atom is 0.144 e. The average molecular weight is 365 g/mol. The van der Waals surface area contributed by atoms with Crippen LogP contribution in [-0.4, -0.2) is 20.2 Å². The van der Waals surface area contributed by atoms with Gasteiger partial charge in [-0.05, 0) is 51.2 Å². The smallest absolute Gasteiger partial charge is 0.144 e. The van der Waals surface area contributed by atoms with E-state index in [2.05, 4.69) is 34.9 Å². The van der Waals surface area contributed by atoms with Gasteiger partial charge in [0.2, 0.25) is 0 Å². The van der Waals surface area contributed by atoms with E-state index < -0.39 is 0 Å². The van der Waals surface area contributed by atoms with Crippen molar-refractivity contribution in [2.75, 3.05) is 5.32 Å². The quantitative estimate of drug-likeness (QED) is 0.662. The molecule has 1 aliphatic carbocycles. The molecule has 2 aromatic rings. The third kappa shape index (κ3) is 3.97. The van der Waals surface area contributed by atoms with Crippen LogP contribution in [0.2, 0.25) is 0 Å². The summed E-state index contributed by atoms with van der Waals surface area (Å²) in [6.45, 7) is 10.5. The zero-order chi connectivity index (χ0) is 19.6. The molecule has 1 unspecified atom stereocenters. The highest BCUT2D eigenvalue weighted by molar-refractivity contribution is 5.57. The van der Waals surface area contributed by atoms with Crippen LogP contribution in [-0.2, 0) is 6.54 Å². The minimum Gasteiger partial charge on any atom is -0.507 e. The number of aryl methyl sites for hydroxylation is 1. The van der Waals surface area contributed by atoms with Gasteiger partial charge < -0.3 is 15.5 Å². The Morgan fingerprint density at radius 3 is 2.74 bits per heavy atom. The van der Waals surface area contributed by atoms with Crippen molar-refractivity contribution in [1.82, 2.24) is 9.97 Å². The van der Waals surface area contributed by atoms with Gasteiger partial charge in [-0.2, -0.15) is 0 Å². The Kier molecular flexibility index (Phi) is 5.49. The van der Waals surface area contributed by atoms with E-state index in [0.717, 1.165) is 29.5 Å². The Morgan fingerprint density at radius 2 is 2.07 bits per heavy atom. The summed E-state index contributed by atoms with van der Waals surface area (Å²) in [6, 6.07) is 1.73. The van der Waals surface area contributed by atoms with E-state index in [9.17, 15) is 10.2 Å². The Labute approximate surface area is 160 Å². The van der Waals surface area contributed by atoms with E-state index in [1.807, 2.05) is 13.8 Å². The summed E-state index contributed by atoms with van der Waals surface area (Å²) in [5.74, 6) is 1.04. The fourth-order valence-electron chi connectivity index (χ4n) is 3.87. The molecule has 142 valence electrons. The zero-order valence-corrected chi connectivity index (χ0v) is 16.2. The van der Waals surface area contributed by atoms with E-state index >= 15 is 0 Å². The van der Waals surface area contributed by atoms with Gasteiger partial charge in [-0.1, -0.05) is 23.8 Å². The van der Waals surface area contributed by atoms with Gasteiger partial charge in [-0.15, -0.1) is 0 Å². The molecule has 0 amide bonds. The molecule has 0 bridgehead atoms. The maximum absolute atomic E-state index is 11.1. The Bertz CT molecular complexity index is 875. The molecule has 1 aromatic carbocycles. The molecular formula is C22H27N3O2. The van der Waals surface area contributed by atoms with Crippen molar-refractivity contribution in [1.29, 1.82) is 0 Å². The highest BCUT2D eigenvalue weighted by atomic mass is 16.3. The molecule has 1 aliphatic rings. The number of phenols is 2. The maximum atomic E-state index is 11.1. The lowest BCUT2D eigenvalue weighted by molar-refractivity contribution is 0.403. The second-order valence-electron chi connectivity index (χ2n) is 7.43. The van der Waals surface area contributed by atoms with Crippen LogP contribution in [0.5, 0.6) is 11.5 Å². The number of rotatable bonds is 5. The first-order valence-corrected chi connectivity index (χ1v) is 9.25. The number of nitrogens with one attached hydrogen (secondary N) is 1. The van der Waals surface area contributed by atoms with Gasteiger partial charge in [0.05, 0.1) is 6.20 Å². The molecule has 2 atom stereocenters. The number of aromatic nitrogens is 2. The molecular weight excluding hydrogens is 338 g/mol. The highest BCUT2D eigenvalue weighted by Gasteiger charge is 2.31. The summed E-state index contributed by atoms with van der Waals surface area (Å²) in [4.78, 5) is 8.24. The fraction of sp³-hybridized carbons (Fsp3) is 0.364. The van der Waals surface area contributed by atoms with Crippen LogP contribution in [0, 0.1) is 12.8 Å². The molecule has 27 heavy (non-hydrogen) atoms. The molecule has 3 N–H and O–H groups in total. The molecule has 0 fully saturated rings. The second kappa shape index (κ2) is 7.82. The summed E-state index contributed by atoms with van der Waals surface area (Å²) in [6.07, 6.45) is 9.02. The molecule has 0 radical (unpaired) electrons. The topological polar surface area (TPSA) is 78.3 Å². The molecule has 0 spiro atoms. The molecule has 0 saturated carbocycles. The molecule has 1 heterocycles. The number of allylic oxidation sites excluding steroid dienone is 3. The van der Waals surface area contributed by atoms with Gasteiger partial charge in [0.25, 0.3) is 0 Å². The zero-order valence-electron chi connectivity index (χ0n) is 16.2. The molecule has 5 nitrogen and oxygen atoms in total. The van der Waals surface area contributed by atoms with Crippen LogP contribution in [0.3, 0.4) is 0 Å². The first-order chi connectivity index (χ1) is 12.9. The van der Waals surface area contributed by atoms with Gasteiger partial charge in [0, 0.05) is 36.0 Å². The molecule has 0 saturated heterocycles. The van der Waals surface area contributed by atoms with Crippen molar-refractivity contribution in [3.05, 3.63) is 65.1 Å². The van der Waals surface area contributed by atoms with E-state index in [1.54, 1.807) is 24.7 Å². The van der Waals surface area contributed by atoms with E-state index in [1.165, 1.54) is 5.57 Å². The minimum atomic E-state index is -0.0767. The largest absolute Gasteiger partial charge is 0.507 e. The lowest BCUT2D eigenvalue weighted by atomic mass is 9.73. The number of phenolic OH excluding ortho intramolecular Hbond substituents is 2. The van der Waals surface area contributed by atoms with Gasteiger partial charge in [-0.25, -0.2) is 4.98 Å². The average Bonchev–Trinajstić information content (AvgIpc) is 2.62. The second-order valence-corrected chi connectivity index (χ2v) is 7.43. The van der Waals surface area contributed by atoms with Gasteiger partial charge >= 0.3 is 0 Å². The van der Waals surface area contributed by atoms with Gasteiger partial charge in [-0.3, -0.25) is 4.98 Å². The Balaban J connectivity index is 2.00. The van der Waals surface area contributed by atoms with Crippen molar-refractivity contribution in [3.63, 3.8) is 0 Å². The molecule has 0 aliphatic heterocycles. The fourth-order valence-corrected chi connectivity index (χ4v) is 3.87. The predicted octanol–water partition coefficient (Wildman–Crippen LogP) is 4.82. The van der Waals surface area contributed by atoms with E-state index in [0.29, 0.717) is 17.9 Å². The summed E-state index contributed by atoms with van der Waals surface area (Å²) in [5, 5.41) is 24.9. The first-order valence-electron chi connectivity index (χ1n) is 9.25. The number of nitrogens with zero attached hydrogens (tertiary/aromatic N) is 2. The lowest BCUT2D eigenvalue weighted by Gasteiger charge is -2.32. The number of hydrogen-bond donors (Lipinski definition) is 3. The summed E-state index contributed by atoms with van der Waals surface area (Å²) >= 11 is 0. The summed E-state index contributed by atoms with van der Waals surface area (Å²) in [5.41, 5.74) is 4.51. The van der Waals surface area contributed by atoms with E-state index in [4.69, 9.17) is 0 Å². The number of anilines is 1. The monoisotopic (exact) mass is 365 g/mol. The van der Waals surface area contributed by atoms with Crippen LogP contribution >= 0.6 is 0 Å². The third-order valence-corrected chi connectivity index (χ3v) is 5.37. The van der Waals surface area contributed by atoms with Gasteiger partial charge in [0.1, 0.15) is 17.3 Å². The lowest BCUT2D eigenvalue weighted by Crippen LogP contribution is -2.18. The number of aromatic hydroxyl groups is 2. The van der Waals surface area contributed by atoms with Crippen LogP contribution in [0.1, 0.15) is 49.3 Å². The Morgan fingerprint density at radius 1 is 1.30 bits per heavy atom. The summed E-state index contributed by atoms with van der Waals surface area (Å²) < 4.78 is 0. The molecule has 1 aromatic heterocycles. The number of hydrogen-bond acceptors (Lipinski definition) is 5. The molecule has 3 rings (SSSR count). The van der Waals surface area contributed by atoms with Crippen LogP contribution in [0.15, 0.2) is 48.5 Å². The van der Waals surface area contributed by atoms with Gasteiger partial charge in [0.15, 0.2) is 0 Å². The minimum absolute atomic E-state index is 0.0767. The summed E-state index contributed by atoms with van der Waals surface area (Å²) in [7, 11) is 0. The first kappa shape index (κ1) is 19.0. The third-order valence-electron chi connectivity index (χ3n) is 5.37. The standard InChI is InChI=1S/C22H27N3O2/c1-13(2)16-6-5-14(3)9-17(16)21-19(26)10-15(4)18(22(21)27)11-25-20-12-23-7-8-24-20/h7-10,12,16-17,26-27H,1,5-6,11H2,2-4H3,(H,24,25)/t16-,17?/m0/s1. The molecule has 5 heteroatoms. The highest BCUT2D eigenvalue weighted by Crippen LogP contribution is 2.47. The predicted molar refractivity (Wildman–Crippen MR) is 108 cm³/mol. The SMILES string of the molecule is C=C(C)[C@@H]1CCC(C)=CC1c1c(O)cc(C)c(CNc2cnccn2)c1O. The van der Waals surface area contributed by atoms with Crippen molar-refractivity contribution in [2.24, 2.45) is 5.92 Å². The normalized spacial score (nSPS) is 19.4. The van der Waals surface area contributed by atoms with E-state index in [-0.39, 0.29) is 23.3 Å². The van der Waals surface area contributed by atoms with Crippen LogP contribution < -0.4 is 5.32 Å². The number of benzene rings is 1. The van der Waals surface area contributed by atoms with Crippen LogP contribution in [0.4, 0.5) is 5.82 Å². The Hall–Kier alpha value is -2.82. The van der Waals surface area contributed by atoms with Crippen molar-refractivity contribution in [2.45, 2.75) is 46.1 Å². The van der Waals surface area contributed by atoms with Crippen molar-refractivity contribution < 1.29 is 10.2 Å². The van der Waals surface area contributed by atoms with Crippen molar-refractivity contribution >= 4 is 5.82 Å².